The van der Waals surface area contributed by atoms with E-state index in [2.05, 4.69) is 31.8 Å². The molecule has 2 N–H and O–H groups in total. The Hall–Kier alpha value is -2.87. The van der Waals surface area contributed by atoms with Gasteiger partial charge in [0.2, 0.25) is 0 Å². The van der Waals surface area contributed by atoms with Crippen LogP contribution in [0.25, 0.3) is 0 Å². The lowest BCUT2D eigenvalue weighted by Crippen LogP contribution is -2.32. The maximum atomic E-state index is 11.9. The third-order valence-corrected chi connectivity index (χ3v) is 3.83. The number of ether oxygens (including phenoxy) is 2. The quantitative estimate of drug-likeness (QED) is 0.454. The van der Waals surface area contributed by atoms with Crippen molar-refractivity contribution >= 4 is 39.6 Å². The van der Waals surface area contributed by atoms with Crippen molar-refractivity contribution in [2.24, 2.45) is 5.10 Å². The molecule has 8 heteroatoms. The van der Waals surface area contributed by atoms with Gasteiger partial charge in [0.1, 0.15) is 11.5 Å². The smallest absolute Gasteiger partial charge is 0.329 e. The number of rotatable bonds is 5. The van der Waals surface area contributed by atoms with Crippen molar-refractivity contribution in [3.8, 4) is 11.5 Å². The molecule has 0 unspecified atom stereocenters. The zero-order valence-corrected chi connectivity index (χ0v) is 15.2. The Morgan fingerprint density at radius 2 is 1.76 bits per heavy atom. The number of hydrogen-bond acceptors (Lipinski definition) is 5. The highest BCUT2D eigenvalue weighted by Crippen LogP contribution is 2.20. The summed E-state index contributed by atoms with van der Waals surface area (Å²) >= 11 is 3.36. The Morgan fingerprint density at radius 3 is 2.48 bits per heavy atom. The topological polar surface area (TPSA) is 89.0 Å². The first-order valence-corrected chi connectivity index (χ1v) is 7.94. The normalized spacial score (nSPS) is 10.4. The third kappa shape index (κ3) is 5.32. The minimum absolute atomic E-state index is 0.444. The first kappa shape index (κ1) is 18.5. The first-order valence-electron chi connectivity index (χ1n) is 7.15. The van der Waals surface area contributed by atoms with Gasteiger partial charge in [-0.05, 0) is 30.3 Å². The zero-order valence-electron chi connectivity index (χ0n) is 13.6. The van der Waals surface area contributed by atoms with Crippen LogP contribution >= 0.6 is 15.9 Å². The van der Waals surface area contributed by atoms with Gasteiger partial charge in [0.25, 0.3) is 0 Å². The number of nitrogens with zero attached hydrogens (tertiary/aromatic N) is 1. The lowest BCUT2D eigenvalue weighted by atomic mass is 10.2. The fraction of sp³-hybridized carbons (Fsp3) is 0.118. The van der Waals surface area contributed by atoms with E-state index in [4.69, 9.17) is 9.47 Å². The molecular weight excluding hydrogens is 390 g/mol. The summed E-state index contributed by atoms with van der Waals surface area (Å²) < 4.78 is 10.9. The van der Waals surface area contributed by atoms with Crippen LogP contribution in [0, 0.1) is 0 Å². The molecule has 0 saturated carbocycles. The molecular formula is C17H16BrN3O4. The molecule has 130 valence electrons. The van der Waals surface area contributed by atoms with Crippen LogP contribution in [0.4, 0.5) is 5.69 Å². The molecule has 0 aliphatic carbocycles. The standard InChI is InChI=1S/C17H16BrN3O4/c1-24-13-5-3-4-12(9-13)20-16(22)17(23)21-19-10-11-8-14(25-2)6-7-15(11)18/h3-10H,1-2H3,(H,20,22)(H,21,23)/b19-10-. The predicted molar refractivity (Wildman–Crippen MR) is 98.1 cm³/mol. The second kappa shape index (κ2) is 8.84. The average molecular weight is 406 g/mol. The summed E-state index contributed by atoms with van der Waals surface area (Å²) in [4.78, 5) is 23.7. The van der Waals surface area contributed by atoms with Gasteiger partial charge in [-0.15, -0.1) is 0 Å². The maximum Gasteiger partial charge on any atom is 0.329 e. The van der Waals surface area contributed by atoms with Crippen molar-refractivity contribution in [1.29, 1.82) is 0 Å². The monoisotopic (exact) mass is 405 g/mol. The van der Waals surface area contributed by atoms with Gasteiger partial charge in [0, 0.05) is 21.8 Å². The molecule has 25 heavy (non-hydrogen) atoms. The van der Waals surface area contributed by atoms with Gasteiger partial charge in [-0.2, -0.15) is 5.10 Å². The van der Waals surface area contributed by atoms with Gasteiger partial charge < -0.3 is 14.8 Å². The number of hydrogen-bond donors (Lipinski definition) is 2. The second-order valence-electron chi connectivity index (χ2n) is 4.77. The molecule has 0 aliphatic heterocycles. The van der Waals surface area contributed by atoms with E-state index in [1.165, 1.54) is 13.3 Å². The molecule has 0 heterocycles. The number of methoxy groups -OCH3 is 2. The summed E-state index contributed by atoms with van der Waals surface area (Å²) in [5, 5.41) is 6.24. The maximum absolute atomic E-state index is 11.9. The fourth-order valence-corrected chi connectivity index (χ4v) is 2.20. The van der Waals surface area contributed by atoms with Crippen LogP contribution in [-0.2, 0) is 9.59 Å². The molecule has 0 atom stereocenters. The van der Waals surface area contributed by atoms with Gasteiger partial charge in [-0.1, -0.05) is 22.0 Å². The number of hydrazone groups is 1. The number of anilines is 1. The summed E-state index contributed by atoms with van der Waals surface area (Å²) in [6.45, 7) is 0. The summed E-state index contributed by atoms with van der Waals surface area (Å²) in [5.74, 6) is -0.515. The fourth-order valence-electron chi connectivity index (χ4n) is 1.85. The largest absolute Gasteiger partial charge is 0.497 e. The van der Waals surface area contributed by atoms with E-state index in [0.717, 1.165) is 4.47 Å². The number of nitrogens with one attached hydrogen (secondary N) is 2. The molecule has 2 aromatic rings. The average Bonchev–Trinajstić information content (AvgIpc) is 2.63. The van der Waals surface area contributed by atoms with Crippen LogP contribution in [0.1, 0.15) is 5.56 Å². The summed E-state index contributed by atoms with van der Waals surface area (Å²) in [5.41, 5.74) is 3.30. The number of amides is 2. The van der Waals surface area contributed by atoms with Gasteiger partial charge in [0.05, 0.1) is 20.4 Å². The Balaban J connectivity index is 1.96. The Bertz CT molecular complexity index is 808. The van der Waals surface area contributed by atoms with Crippen molar-refractivity contribution in [3.05, 3.63) is 52.5 Å². The Labute approximate surface area is 153 Å². The highest BCUT2D eigenvalue weighted by Gasteiger charge is 2.13. The summed E-state index contributed by atoms with van der Waals surface area (Å²) in [6.07, 6.45) is 1.41. The van der Waals surface area contributed by atoms with E-state index in [1.807, 2.05) is 0 Å². The molecule has 0 fully saturated rings. The SMILES string of the molecule is COc1cccc(NC(=O)C(=O)N/N=C\c2cc(OC)ccc2Br)c1. The molecule has 2 rings (SSSR count). The molecule has 0 radical (unpaired) electrons. The number of carbonyl (C=O) groups is 2. The van der Waals surface area contributed by atoms with Gasteiger partial charge in [-0.25, -0.2) is 5.43 Å². The zero-order chi connectivity index (χ0) is 18.2. The molecule has 2 amide bonds. The molecule has 0 saturated heterocycles. The number of carbonyl (C=O) groups excluding carboxylic acids is 2. The number of benzene rings is 2. The van der Waals surface area contributed by atoms with Crippen molar-refractivity contribution in [2.45, 2.75) is 0 Å². The van der Waals surface area contributed by atoms with Crippen LogP contribution in [0.15, 0.2) is 52.0 Å². The Kier molecular flexibility index (Phi) is 6.53. The van der Waals surface area contributed by atoms with Crippen LogP contribution in [0.3, 0.4) is 0 Å². The van der Waals surface area contributed by atoms with Crippen LogP contribution in [-0.4, -0.2) is 32.2 Å². The number of halogens is 1. The van der Waals surface area contributed by atoms with E-state index < -0.39 is 11.8 Å². The lowest BCUT2D eigenvalue weighted by molar-refractivity contribution is -0.136. The second-order valence-corrected chi connectivity index (χ2v) is 5.63. The van der Waals surface area contributed by atoms with Crippen molar-refractivity contribution in [3.63, 3.8) is 0 Å². The molecule has 0 aliphatic rings. The highest BCUT2D eigenvalue weighted by atomic mass is 79.9. The summed E-state index contributed by atoms with van der Waals surface area (Å²) in [6, 6.07) is 12.0. The van der Waals surface area contributed by atoms with Gasteiger partial charge in [0.15, 0.2) is 0 Å². The Morgan fingerprint density at radius 1 is 1.04 bits per heavy atom. The molecule has 2 aromatic carbocycles. The third-order valence-electron chi connectivity index (χ3n) is 3.11. The highest BCUT2D eigenvalue weighted by molar-refractivity contribution is 9.10. The molecule has 0 spiro atoms. The van der Waals surface area contributed by atoms with Crippen molar-refractivity contribution in [1.82, 2.24) is 5.43 Å². The van der Waals surface area contributed by atoms with Crippen molar-refractivity contribution in [2.75, 3.05) is 19.5 Å². The lowest BCUT2D eigenvalue weighted by Gasteiger charge is -2.06. The van der Waals surface area contributed by atoms with Crippen LogP contribution < -0.4 is 20.2 Å². The van der Waals surface area contributed by atoms with Gasteiger partial charge >= 0.3 is 11.8 Å². The first-order chi connectivity index (χ1) is 12.0. The van der Waals surface area contributed by atoms with E-state index in [-0.39, 0.29) is 0 Å². The molecule has 0 aromatic heterocycles. The van der Waals surface area contributed by atoms with Crippen LogP contribution in [0.5, 0.6) is 11.5 Å². The minimum atomic E-state index is -0.891. The van der Waals surface area contributed by atoms with Crippen molar-refractivity contribution < 1.29 is 19.1 Å². The summed E-state index contributed by atoms with van der Waals surface area (Å²) in [7, 11) is 3.06. The van der Waals surface area contributed by atoms with Gasteiger partial charge in [-0.3, -0.25) is 9.59 Å². The van der Waals surface area contributed by atoms with E-state index >= 15 is 0 Å². The molecule has 0 bridgehead atoms. The molecule has 7 nitrogen and oxygen atoms in total. The van der Waals surface area contributed by atoms with Crippen LogP contribution in [0.2, 0.25) is 0 Å². The van der Waals surface area contributed by atoms with E-state index in [0.29, 0.717) is 22.7 Å². The van der Waals surface area contributed by atoms with E-state index in [9.17, 15) is 9.59 Å². The minimum Gasteiger partial charge on any atom is -0.497 e. The predicted octanol–water partition coefficient (Wildman–Crippen LogP) is 2.56. The van der Waals surface area contributed by atoms with E-state index in [1.54, 1.807) is 49.6 Å².